The van der Waals surface area contributed by atoms with E-state index in [2.05, 4.69) is 16.4 Å². The van der Waals surface area contributed by atoms with Crippen LogP contribution in [-0.4, -0.2) is 16.7 Å². The van der Waals surface area contributed by atoms with Crippen LogP contribution in [0.2, 0.25) is 0 Å². The molecule has 0 radical (unpaired) electrons. The first-order chi connectivity index (χ1) is 14.8. The van der Waals surface area contributed by atoms with Gasteiger partial charge in [0.25, 0.3) is 0 Å². The minimum Gasteiger partial charge on any atom is -0.384 e. The number of amides is 1. The van der Waals surface area contributed by atoms with Crippen molar-refractivity contribution >= 4 is 23.1 Å². The number of fused-ring (bicyclic) bond motifs is 3. The largest absolute Gasteiger partial charge is 0.384 e. The van der Waals surface area contributed by atoms with Crippen molar-refractivity contribution in [3.05, 3.63) is 77.0 Å². The first kappa shape index (κ1) is 19.1. The molecule has 0 fully saturated rings. The SMILES string of the molecule is CC1(C)CC(=O)C2=C(C1)N(c1cccnc1)C(N)=C(C#N)[C@@]21C(=O)Nc2ccccc21. The predicted molar refractivity (Wildman–Crippen MR) is 115 cm³/mol. The fourth-order valence-electron chi connectivity index (χ4n) is 5.15. The monoisotopic (exact) mass is 411 g/mol. The Labute approximate surface area is 179 Å². The van der Waals surface area contributed by atoms with Gasteiger partial charge in [-0.2, -0.15) is 5.26 Å². The molecule has 0 bridgehead atoms. The third-order valence-electron chi connectivity index (χ3n) is 6.31. The third-order valence-corrected chi connectivity index (χ3v) is 6.31. The molecule has 31 heavy (non-hydrogen) atoms. The number of Topliss-reactive ketones (excluding diaryl/α,β-unsaturated/α-hetero) is 1. The molecular weight excluding hydrogens is 390 g/mol. The van der Waals surface area contributed by atoms with E-state index in [1.165, 1.54) is 0 Å². The molecule has 3 N–H and O–H groups in total. The van der Waals surface area contributed by atoms with Gasteiger partial charge in [0.2, 0.25) is 5.91 Å². The quantitative estimate of drug-likeness (QED) is 0.746. The van der Waals surface area contributed by atoms with Gasteiger partial charge in [-0.3, -0.25) is 19.5 Å². The summed E-state index contributed by atoms with van der Waals surface area (Å²) in [5.41, 5.74) is 7.62. The number of nitrogens with zero attached hydrogens (tertiary/aromatic N) is 3. The number of allylic oxidation sites excluding steroid dienone is 1. The van der Waals surface area contributed by atoms with E-state index in [9.17, 15) is 14.9 Å². The number of pyridine rings is 1. The molecule has 3 heterocycles. The van der Waals surface area contributed by atoms with Gasteiger partial charge >= 0.3 is 0 Å². The summed E-state index contributed by atoms with van der Waals surface area (Å²) in [4.78, 5) is 33.1. The highest BCUT2D eigenvalue weighted by Gasteiger charge is 2.61. The average Bonchev–Trinajstić information content (AvgIpc) is 3.00. The lowest BCUT2D eigenvalue weighted by atomic mass is 9.61. The number of rotatable bonds is 1. The summed E-state index contributed by atoms with van der Waals surface area (Å²) in [7, 11) is 0. The van der Waals surface area contributed by atoms with Crippen molar-refractivity contribution in [3.63, 3.8) is 0 Å². The summed E-state index contributed by atoms with van der Waals surface area (Å²) in [5, 5.41) is 13.1. The maximum absolute atomic E-state index is 13.7. The zero-order chi connectivity index (χ0) is 22.0. The van der Waals surface area contributed by atoms with E-state index in [1.807, 2.05) is 26.0 Å². The molecule has 7 heteroatoms. The zero-order valence-electron chi connectivity index (χ0n) is 17.3. The van der Waals surface area contributed by atoms with Gasteiger partial charge in [0.05, 0.1) is 17.5 Å². The fraction of sp³-hybridized carbons (Fsp3) is 0.250. The molecule has 1 aromatic carbocycles. The molecule has 7 nitrogen and oxygen atoms in total. The van der Waals surface area contributed by atoms with Crippen molar-refractivity contribution in [3.8, 4) is 6.07 Å². The van der Waals surface area contributed by atoms with E-state index in [-0.39, 0.29) is 29.0 Å². The topological polar surface area (TPSA) is 112 Å². The van der Waals surface area contributed by atoms with Crippen LogP contribution in [-0.2, 0) is 15.0 Å². The first-order valence-electron chi connectivity index (χ1n) is 10.1. The molecule has 1 spiro atoms. The normalized spacial score (nSPS) is 24.1. The van der Waals surface area contributed by atoms with Gasteiger partial charge in [-0.1, -0.05) is 32.0 Å². The second-order valence-corrected chi connectivity index (χ2v) is 8.93. The third kappa shape index (κ3) is 2.42. The van der Waals surface area contributed by atoms with E-state index in [0.29, 0.717) is 34.6 Å². The molecule has 154 valence electrons. The number of para-hydroxylation sites is 1. The maximum atomic E-state index is 13.7. The maximum Gasteiger partial charge on any atom is 0.245 e. The van der Waals surface area contributed by atoms with Crippen molar-refractivity contribution in [2.24, 2.45) is 11.1 Å². The number of carbonyl (C=O) groups excluding carboxylic acids is 2. The first-order valence-corrected chi connectivity index (χ1v) is 10.1. The number of hydrogen-bond acceptors (Lipinski definition) is 6. The smallest absolute Gasteiger partial charge is 0.245 e. The van der Waals surface area contributed by atoms with Crippen LogP contribution in [0.4, 0.5) is 11.4 Å². The summed E-state index contributed by atoms with van der Waals surface area (Å²) in [5.74, 6) is -0.418. The van der Waals surface area contributed by atoms with E-state index in [0.717, 1.165) is 0 Å². The van der Waals surface area contributed by atoms with Crippen LogP contribution in [0.5, 0.6) is 0 Å². The molecule has 1 aromatic heterocycles. The number of nitriles is 1. The van der Waals surface area contributed by atoms with Crippen molar-refractivity contribution in [1.29, 1.82) is 5.26 Å². The van der Waals surface area contributed by atoms with Crippen LogP contribution < -0.4 is 16.0 Å². The number of anilines is 2. The molecule has 0 unspecified atom stereocenters. The van der Waals surface area contributed by atoms with E-state index in [1.54, 1.807) is 41.6 Å². The van der Waals surface area contributed by atoms with Crippen LogP contribution >= 0.6 is 0 Å². The number of benzene rings is 1. The van der Waals surface area contributed by atoms with Crippen LogP contribution in [0.15, 0.2) is 71.5 Å². The lowest BCUT2D eigenvalue weighted by Gasteiger charge is -2.46. The Morgan fingerprint density at radius 3 is 2.65 bits per heavy atom. The van der Waals surface area contributed by atoms with E-state index in [4.69, 9.17) is 5.73 Å². The Morgan fingerprint density at radius 2 is 1.94 bits per heavy atom. The number of carbonyl (C=O) groups is 2. The molecule has 1 amide bonds. The number of ketones is 1. The summed E-state index contributed by atoms with van der Waals surface area (Å²) in [6, 6.07) is 12.9. The molecule has 2 aromatic rings. The minimum atomic E-state index is -1.54. The lowest BCUT2D eigenvalue weighted by Crippen LogP contribution is -2.52. The molecular formula is C24H21N5O2. The van der Waals surface area contributed by atoms with Crippen LogP contribution in [0.25, 0.3) is 0 Å². The standard InChI is InChI=1S/C24H21N5O2/c1-23(2)10-18-20(19(30)11-23)24(15-7-3-4-8-17(15)28-22(24)31)16(12-25)21(26)29(18)14-6-5-9-27-13-14/h3-9,13H,10-11,26H2,1-2H3,(H,28,31)/t24-/m1/s1. The van der Waals surface area contributed by atoms with E-state index >= 15 is 0 Å². The molecule has 2 aliphatic heterocycles. The van der Waals surface area contributed by atoms with Crippen LogP contribution in [0.1, 0.15) is 32.3 Å². The number of nitrogens with two attached hydrogens (primary N) is 1. The van der Waals surface area contributed by atoms with Crippen molar-refractivity contribution in [2.45, 2.75) is 32.1 Å². The Morgan fingerprint density at radius 1 is 1.16 bits per heavy atom. The molecule has 3 aliphatic rings. The Balaban J connectivity index is 1.91. The van der Waals surface area contributed by atoms with Crippen molar-refractivity contribution < 1.29 is 9.59 Å². The molecule has 0 saturated heterocycles. The number of aromatic nitrogens is 1. The highest BCUT2D eigenvalue weighted by molar-refractivity contribution is 6.20. The Kier molecular flexibility index (Phi) is 3.87. The van der Waals surface area contributed by atoms with Gasteiger partial charge in [-0.25, -0.2) is 0 Å². The van der Waals surface area contributed by atoms with Gasteiger partial charge < -0.3 is 11.1 Å². The second kappa shape index (κ2) is 6.29. The van der Waals surface area contributed by atoms with E-state index < -0.39 is 11.3 Å². The predicted octanol–water partition coefficient (Wildman–Crippen LogP) is 3.13. The van der Waals surface area contributed by atoms with Gasteiger partial charge in [-0.05, 0) is 30.0 Å². The number of hydrogen-bond donors (Lipinski definition) is 2. The van der Waals surface area contributed by atoms with Crippen LogP contribution in [0, 0.1) is 16.7 Å². The van der Waals surface area contributed by atoms with Gasteiger partial charge in [0, 0.05) is 35.1 Å². The molecule has 5 rings (SSSR count). The molecule has 1 aliphatic carbocycles. The van der Waals surface area contributed by atoms with Gasteiger partial charge in [0.15, 0.2) is 5.78 Å². The Hall–Kier alpha value is -3.92. The zero-order valence-corrected chi connectivity index (χ0v) is 17.3. The highest BCUT2D eigenvalue weighted by atomic mass is 16.2. The van der Waals surface area contributed by atoms with Gasteiger partial charge in [-0.15, -0.1) is 0 Å². The molecule has 0 saturated carbocycles. The Bertz CT molecular complexity index is 1250. The average molecular weight is 411 g/mol. The van der Waals surface area contributed by atoms with Crippen LogP contribution in [0.3, 0.4) is 0 Å². The summed E-state index contributed by atoms with van der Waals surface area (Å²) in [6.07, 6.45) is 4.09. The molecule has 1 atom stereocenters. The minimum absolute atomic E-state index is 0.0607. The fourth-order valence-corrected chi connectivity index (χ4v) is 5.15. The summed E-state index contributed by atoms with van der Waals surface area (Å²) < 4.78 is 0. The summed E-state index contributed by atoms with van der Waals surface area (Å²) in [6.45, 7) is 4.04. The lowest BCUT2D eigenvalue weighted by molar-refractivity contribution is -0.123. The van der Waals surface area contributed by atoms with Crippen molar-refractivity contribution in [1.82, 2.24) is 4.98 Å². The van der Waals surface area contributed by atoms with Gasteiger partial charge in [0.1, 0.15) is 17.3 Å². The summed E-state index contributed by atoms with van der Waals surface area (Å²) >= 11 is 0. The highest BCUT2D eigenvalue weighted by Crippen LogP contribution is 2.56. The number of nitrogens with one attached hydrogen (secondary N) is 1. The second-order valence-electron chi connectivity index (χ2n) is 8.93. The van der Waals surface area contributed by atoms with Crippen molar-refractivity contribution in [2.75, 3.05) is 10.2 Å².